The van der Waals surface area contributed by atoms with Crippen LogP contribution >= 0.6 is 0 Å². The first kappa shape index (κ1) is 19.1. The maximum Gasteiger partial charge on any atom is 0.259 e. The summed E-state index contributed by atoms with van der Waals surface area (Å²) in [5.41, 5.74) is 4.53. The Balaban J connectivity index is 0.000000303. The molecule has 3 N–H and O–H groups in total. The van der Waals surface area contributed by atoms with Crippen LogP contribution in [0.3, 0.4) is 0 Å². The summed E-state index contributed by atoms with van der Waals surface area (Å²) in [4.78, 5) is 32.0. The topological polar surface area (TPSA) is 77.8 Å². The van der Waals surface area contributed by atoms with Crippen LogP contribution in [0.2, 0.25) is 0 Å². The van der Waals surface area contributed by atoms with Crippen molar-refractivity contribution in [1.29, 1.82) is 0 Å². The first-order valence-electron chi connectivity index (χ1n) is 10.6. The number of fused-ring (bicyclic) bond motifs is 10. The third-order valence-corrected chi connectivity index (χ3v) is 5.78. The lowest BCUT2D eigenvalue weighted by Crippen LogP contribution is -2.20. The van der Waals surface area contributed by atoms with Crippen molar-refractivity contribution in [3.63, 3.8) is 0 Å². The molecule has 5 aromatic rings. The number of benzene rings is 3. The molecule has 2 aromatic heterocycles. The predicted molar refractivity (Wildman–Crippen MR) is 127 cm³/mol. The summed E-state index contributed by atoms with van der Waals surface area (Å²) in [6.45, 7) is 4.23. The molecular formula is C26H23N3O2. The zero-order valence-corrected chi connectivity index (χ0v) is 17.5. The average molecular weight is 409 g/mol. The molecule has 0 unspecified atom stereocenters. The summed E-state index contributed by atoms with van der Waals surface area (Å²) in [6, 6.07) is 15.7. The molecule has 0 aliphatic carbocycles. The van der Waals surface area contributed by atoms with E-state index < -0.39 is 0 Å². The molecule has 6 rings (SSSR count). The van der Waals surface area contributed by atoms with Crippen molar-refractivity contribution < 1.29 is 9.59 Å². The van der Waals surface area contributed by atoms with Crippen LogP contribution in [-0.2, 0) is 0 Å². The fourth-order valence-electron chi connectivity index (χ4n) is 4.44. The number of amides is 2. The van der Waals surface area contributed by atoms with Gasteiger partial charge >= 0.3 is 0 Å². The van der Waals surface area contributed by atoms with Gasteiger partial charge in [-0.1, -0.05) is 61.9 Å². The summed E-state index contributed by atoms with van der Waals surface area (Å²) < 4.78 is 0. The number of para-hydroxylation sites is 2. The number of allylic oxidation sites excluding steroid dienone is 2. The van der Waals surface area contributed by atoms with E-state index in [0.29, 0.717) is 11.1 Å². The molecule has 0 spiro atoms. The first-order valence-corrected chi connectivity index (χ1v) is 10.6. The van der Waals surface area contributed by atoms with Gasteiger partial charge in [-0.05, 0) is 25.5 Å². The molecule has 0 radical (unpaired) electrons. The third-order valence-electron chi connectivity index (χ3n) is 5.78. The van der Waals surface area contributed by atoms with Gasteiger partial charge in [0.2, 0.25) is 0 Å². The average Bonchev–Trinajstić information content (AvgIpc) is 3.43. The highest BCUT2D eigenvalue weighted by molar-refractivity contribution is 6.39. The number of unbranched alkanes of at least 4 members (excludes halogenated alkanes) is 1. The van der Waals surface area contributed by atoms with E-state index in [9.17, 15) is 9.59 Å². The molecule has 0 fully saturated rings. The lowest BCUT2D eigenvalue weighted by molar-refractivity contribution is 0.0880. The normalized spacial score (nSPS) is 13.4. The number of H-pyrrole nitrogens is 2. The Kier molecular flexibility index (Phi) is 4.59. The van der Waals surface area contributed by atoms with Gasteiger partial charge in [-0.25, -0.2) is 0 Å². The molecular weight excluding hydrogens is 386 g/mol. The van der Waals surface area contributed by atoms with Gasteiger partial charge in [0.15, 0.2) is 0 Å². The maximum atomic E-state index is 12.6. The van der Waals surface area contributed by atoms with E-state index in [2.05, 4.69) is 41.3 Å². The van der Waals surface area contributed by atoms with Gasteiger partial charge in [0, 0.05) is 32.6 Å². The number of hydrogen-bond acceptors (Lipinski definition) is 2. The first-order chi connectivity index (χ1) is 15.2. The Bertz CT molecular complexity index is 1410. The van der Waals surface area contributed by atoms with Gasteiger partial charge in [-0.3, -0.25) is 14.9 Å². The molecule has 5 nitrogen and oxygen atoms in total. The zero-order chi connectivity index (χ0) is 21.5. The molecule has 31 heavy (non-hydrogen) atoms. The number of hydrogen-bond donors (Lipinski definition) is 3. The van der Waals surface area contributed by atoms with Crippen LogP contribution in [0, 0.1) is 0 Å². The molecule has 3 heterocycles. The summed E-state index contributed by atoms with van der Waals surface area (Å²) in [5.74, 6) is -0.663. The lowest BCUT2D eigenvalue weighted by atomic mass is 9.97. The van der Waals surface area contributed by atoms with Crippen LogP contribution in [0.1, 0.15) is 47.4 Å². The highest BCUT2D eigenvalue weighted by atomic mass is 16.2. The van der Waals surface area contributed by atoms with Gasteiger partial charge in [0.25, 0.3) is 11.8 Å². The van der Waals surface area contributed by atoms with E-state index in [-0.39, 0.29) is 11.8 Å². The summed E-state index contributed by atoms with van der Waals surface area (Å²) >= 11 is 0. The van der Waals surface area contributed by atoms with Crippen LogP contribution in [0.5, 0.6) is 0 Å². The van der Waals surface area contributed by atoms with E-state index in [1.165, 1.54) is 12.8 Å². The molecule has 3 aromatic carbocycles. The minimum absolute atomic E-state index is 0.332. The van der Waals surface area contributed by atoms with Crippen LogP contribution < -0.4 is 5.32 Å². The van der Waals surface area contributed by atoms with Gasteiger partial charge in [-0.2, -0.15) is 0 Å². The van der Waals surface area contributed by atoms with E-state index in [1.807, 2.05) is 48.5 Å². The van der Waals surface area contributed by atoms with Gasteiger partial charge < -0.3 is 9.97 Å². The van der Waals surface area contributed by atoms with Crippen molar-refractivity contribution in [2.45, 2.75) is 26.7 Å². The number of aromatic nitrogens is 2. The van der Waals surface area contributed by atoms with E-state index in [4.69, 9.17) is 0 Å². The van der Waals surface area contributed by atoms with Crippen LogP contribution in [0.25, 0.3) is 43.6 Å². The SMILES string of the molecule is C/C=C\CCC.O=C1NC(=O)c2c1c1c3ccccc3[nH]c1c1[nH]c3ccccc3c21. The molecule has 2 amide bonds. The molecule has 0 saturated heterocycles. The fraction of sp³-hybridized carbons (Fsp3) is 0.154. The lowest BCUT2D eigenvalue weighted by Gasteiger charge is -2.02. The van der Waals surface area contributed by atoms with Gasteiger partial charge in [0.1, 0.15) is 0 Å². The third kappa shape index (κ3) is 2.85. The number of carbonyl (C=O) groups excluding carboxylic acids is 2. The largest absolute Gasteiger partial charge is 0.353 e. The molecule has 1 aliphatic heterocycles. The Morgan fingerprint density at radius 1 is 0.774 bits per heavy atom. The predicted octanol–water partition coefficient (Wildman–Crippen LogP) is 6.20. The van der Waals surface area contributed by atoms with Crippen molar-refractivity contribution in [1.82, 2.24) is 15.3 Å². The summed E-state index contributed by atoms with van der Waals surface area (Å²) in [7, 11) is 0. The quantitative estimate of drug-likeness (QED) is 0.240. The van der Waals surface area contributed by atoms with Gasteiger partial charge in [-0.15, -0.1) is 0 Å². The van der Waals surface area contributed by atoms with Crippen molar-refractivity contribution in [3.05, 3.63) is 71.8 Å². The number of imide groups is 1. The van der Waals surface area contributed by atoms with Crippen molar-refractivity contribution in [2.75, 3.05) is 0 Å². The molecule has 154 valence electrons. The second-order valence-electron chi connectivity index (χ2n) is 7.73. The summed E-state index contributed by atoms with van der Waals surface area (Å²) in [5, 5.41) is 5.96. The molecule has 0 saturated carbocycles. The highest BCUT2D eigenvalue weighted by Crippen LogP contribution is 2.41. The maximum absolute atomic E-state index is 12.6. The Morgan fingerprint density at radius 2 is 1.26 bits per heavy atom. The summed E-state index contributed by atoms with van der Waals surface area (Å²) in [6.07, 6.45) is 6.77. The van der Waals surface area contributed by atoms with Crippen molar-refractivity contribution in [3.8, 4) is 0 Å². The fourth-order valence-corrected chi connectivity index (χ4v) is 4.44. The number of aromatic amines is 2. The number of nitrogens with one attached hydrogen (secondary N) is 3. The molecule has 1 aliphatic rings. The van der Waals surface area contributed by atoms with Gasteiger partial charge in [0.05, 0.1) is 22.2 Å². The van der Waals surface area contributed by atoms with Crippen molar-refractivity contribution >= 4 is 55.4 Å². The molecule has 0 bridgehead atoms. The van der Waals surface area contributed by atoms with E-state index in [0.717, 1.165) is 43.6 Å². The zero-order valence-electron chi connectivity index (χ0n) is 17.5. The van der Waals surface area contributed by atoms with Crippen molar-refractivity contribution in [2.24, 2.45) is 0 Å². The number of carbonyl (C=O) groups is 2. The van der Waals surface area contributed by atoms with Crippen LogP contribution in [-0.4, -0.2) is 21.8 Å². The van der Waals surface area contributed by atoms with Crippen LogP contribution in [0.15, 0.2) is 60.7 Å². The second-order valence-corrected chi connectivity index (χ2v) is 7.73. The second kappa shape index (κ2) is 7.43. The Labute approximate surface area is 179 Å². The van der Waals surface area contributed by atoms with E-state index >= 15 is 0 Å². The van der Waals surface area contributed by atoms with E-state index in [1.54, 1.807) is 0 Å². The highest BCUT2D eigenvalue weighted by Gasteiger charge is 2.34. The smallest absolute Gasteiger partial charge is 0.259 e. The number of rotatable bonds is 2. The molecule has 0 atom stereocenters. The minimum Gasteiger partial charge on any atom is -0.353 e. The monoisotopic (exact) mass is 409 g/mol. The minimum atomic E-state index is -0.332. The van der Waals surface area contributed by atoms with Crippen LogP contribution in [0.4, 0.5) is 0 Å². The standard InChI is InChI=1S/C20H11N3O2.C6H12/c24-19-15-13-9-5-1-3-7-11(9)21-17(13)18-14(16(15)20(25)23-19)10-6-2-4-8-12(10)22-18;1-3-5-6-4-2/h1-8,21-22H,(H,23,24,25);3,5H,4,6H2,1-2H3/b;5-3-. The molecule has 5 heteroatoms. The Hall–Kier alpha value is -3.86. The Morgan fingerprint density at radius 3 is 1.68 bits per heavy atom.